The first kappa shape index (κ1) is 15.5. The number of carbonyl (C=O) groups excluding carboxylic acids is 1. The highest BCUT2D eigenvalue weighted by atomic mass is 16.4. The molecule has 4 nitrogen and oxygen atoms in total. The molecule has 3 atom stereocenters. The standard InChI is InChI=1S/C17H23NO3/c1-3-11(2)15(17(20)21)18-16(19)14-10-6-8-12-7-4-5-9-13(12)14/h4-5,7,9,11,14-15H,3,6,8,10H2,1-2H3,(H,18,19)(H,20,21)/t11?,14-,15-/m0/s1. The Kier molecular flexibility index (Phi) is 4.99. The van der Waals surface area contributed by atoms with Gasteiger partial charge in [0.1, 0.15) is 6.04 Å². The average Bonchev–Trinajstić information content (AvgIpc) is 2.50. The molecule has 0 spiro atoms. The van der Waals surface area contributed by atoms with E-state index in [0.29, 0.717) is 0 Å². The minimum absolute atomic E-state index is 0.0784. The summed E-state index contributed by atoms with van der Waals surface area (Å²) in [5.74, 6) is -1.41. The minimum Gasteiger partial charge on any atom is -0.480 e. The van der Waals surface area contributed by atoms with Gasteiger partial charge in [-0.15, -0.1) is 0 Å². The second-order valence-electron chi connectivity index (χ2n) is 5.85. The van der Waals surface area contributed by atoms with Gasteiger partial charge in [-0.25, -0.2) is 4.79 Å². The Morgan fingerprint density at radius 3 is 2.76 bits per heavy atom. The number of carboxylic acids is 1. The maximum absolute atomic E-state index is 12.5. The largest absolute Gasteiger partial charge is 0.480 e. The molecule has 114 valence electrons. The lowest BCUT2D eigenvalue weighted by atomic mass is 9.82. The number of rotatable bonds is 5. The predicted molar refractivity (Wildman–Crippen MR) is 81.1 cm³/mol. The van der Waals surface area contributed by atoms with Gasteiger partial charge in [0, 0.05) is 0 Å². The Bertz CT molecular complexity index is 527. The molecule has 1 aromatic carbocycles. The van der Waals surface area contributed by atoms with Gasteiger partial charge in [0.25, 0.3) is 0 Å². The van der Waals surface area contributed by atoms with Crippen molar-refractivity contribution in [3.63, 3.8) is 0 Å². The van der Waals surface area contributed by atoms with Gasteiger partial charge < -0.3 is 10.4 Å². The van der Waals surface area contributed by atoms with E-state index in [1.165, 1.54) is 5.56 Å². The molecule has 1 aromatic rings. The highest BCUT2D eigenvalue weighted by Gasteiger charge is 2.31. The maximum Gasteiger partial charge on any atom is 0.326 e. The van der Waals surface area contributed by atoms with Gasteiger partial charge in [-0.1, -0.05) is 44.5 Å². The molecular formula is C17H23NO3. The predicted octanol–water partition coefficient (Wildman–Crippen LogP) is 2.72. The maximum atomic E-state index is 12.5. The first-order chi connectivity index (χ1) is 10.0. The second kappa shape index (κ2) is 6.74. The van der Waals surface area contributed by atoms with Crippen LogP contribution < -0.4 is 5.32 Å². The third-order valence-corrected chi connectivity index (χ3v) is 4.46. The number of aliphatic carboxylic acids is 1. The van der Waals surface area contributed by atoms with Gasteiger partial charge >= 0.3 is 5.97 Å². The molecule has 2 rings (SSSR count). The van der Waals surface area contributed by atoms with E-state index in [1.54, 1.807) is 0 Å². The molecule has 21 heavy (non-hydrogen) atoms. The van der Waals surface area contributed by atoms with Crippen LogP contribution in [0.3, 0.4) is 0 Å². The van der Waals surface area contributed by atoms with Crippen molar-refractivity contribution in [1.29, 1.82) is 0 Å². The van der Waals surface area contributed by atoms with Crippen molar-refractivity contribution in [3.8, 4) is 0 Å². The number of fused-ring (bicyclic) bond motifs is 1. The van der Waals surface area contributed by atoms with Gasteiger partial charge in [-0.3, -0.25) is 4.79 Å². The van der Waals surface area contributed by atoms with Crippen molar-refractivity contribution in [1.82, 2.24) is 5.32 Å². The molecular weight excluding hydrogens is 266 g/mol. The number of carbonyl (C=O) groups is 2. The Morgan fingerprint density at radius 2 is 2.10 bits per heavy atom. The summed E-state index contributed by atoms with van der Waals surface area (Å²) in [6.07, 6.45) is 3.47. The first-order valence-corrected chi connectivity index (χ1v) is 7.65. The van der Waals surface area contributed by atoms with Crippen LogP contribution in [-0.2, 0) is 16.0 Å². The zero-order chi connectivity index (χ0) is 15.4. The number of carboxylic acid groups (broad SMARTS) is 1. The van der Waals surface area contributed by atoms with Crippen molar-refractivity contribution < 1.29 is 14.7 Å². The molecule has 1 amide bonds. The van der Waals surface area contributed by atoms with Crippen LogP contribution in [0.1, 0.15) is 50.2 Å². The monoisotopic (exact) mass is 289 g/mol. The molecule has 2 N–H and O–H groups in total. The number of nitrogens with one attached hydrogen (secondary N) is 1. The normalized spacial score (nSPS) is 20.2. The molecule has 0 bridgehead atoms. The zero-order valence-corrected chi connectivity index (χ0v) is 12.6. The van der Waals surface area contributed by atoms with E-state index in [4.69, 9.17) is 0 Å². The molecule has 0 radical (unpaired) electrons. The molecule has 0 fully saturated rings. The van der Waals surface area contributed by atoms with E-state index in [9.17, 15) is 14.7 Å². The molecule has 0 heterocycles. The van der Waals surface area contributed by atoms with Crippen LogP contribution in [0.5, 0.6) is 0 Å². The van der Waals surface area contributed by atoms with Crippen LogP contribution in [0, 0.1) is 5.92 Å². The van der Waals surface area contributed by atoms with Crippen LogP contribution in [0.25, 0.3) is 0 Å². The topological polar surface area (TPSA) is 66.4 Å². The Labute approximate surface area is 125 Å². The van der Waals surface area contributed by atoms with Crippen LogP contribution in [-0.4, -0.2) is 23.0 Å². The van der Waals surface area contributed by atoms with E-state index in [0.717, 1.165) is 31.2 Å². The lowest BCUT2D eigenvalue weighted by molar-refractivity contribution is -0.143. The highest BCUT2D eigenvalue weighted by molar-refractivity contribution is 5.88. The Hall–Kier alpha value is -1.84. The number of aryl methyl sites for hydroxylation is 1. The van der Waals surface area contributed by atoms with Gasteiger partial charge in [0.05, 0.1) is 5.92 Å². The third kappa shape index (κ3) is 3.43. The van der Waals surface area contributed by atoms with Crippen LogP contribution in [0.4, 0.5) is 0 Å². The van der Waals surface area contributed by atoms with Gasteiger partial charge in [-0.05, 0) is 36.3 Å². The SMILES string of the molecule is CCC(C)[C@H](NC(=O)[C@H]1CCCc2ccccc21)C(=O)O. The Morgan fingerprint density at radius 1 is 1.38 bits per heavy atom. The second-order valence-corrected chi connectivity index (χ2v) is 5.85. The van der Waals surface area contributed by atoms with Crippen LogP contribution >= 0.6 is 0 Å². The fraction of sp³-hybridized carbons (Fsp3) is 0.529. The number of amides is 1. The van der Waals surface area contributed by atoms with E-state index >= 15 is 0 Å². The summed E-state index contributed by atoms with van der Waals surface area (Å²) in [6.45, 7) is 3.79. The van der Waals surface area contributed by atoms with E-state index in [2.05, 4.69) is 11.4 Å². The molecule has 0 aliphatic heterocycles. The smallest absolute Gasteiger partial charge is 0.326 e. The summed E-state index contributed by atoms with van der Waals surface area (Å²) < 4.78 is 0. The molecule has 1 aliphatic rings. The first-order valence-electron chi connectivity index (χ1n) is 7.65. The molecule has 0 saturated carbocycles. The molecule has 1 aliphatic carbocycles. The van der Waals surface area contributed by atoms with E-state index < -0.39 is 12.0 Å². The van der Waals surface area contributed by atoms with Crippen LogP contribution in [0.2, 0.25) is 0 Å². The van der Waals surface area contributed by atoms with Gasteiger partial charge in [-0.2, -0.15) is 0 Å². The Balaban J connectivity index is 2.15. The molecule has 1 unspecified atom stereocenters. The summed E-state index contributed by atoms with van der Waals surface area (Å²) in [5, 5.41) is 12.0. The zero-order valence-electron chi connectivity index (χ0n) is 12.6. The summed E-state index contributed by atoms with van der Waals surface area (Å²) in [6, 6.07) is 7.15. The molecule has 4 heteroatoms. The summed E-state index contributed by atoms with van der Waals surface area (Å²) in [7, 11) is 0. The average molecular weight is 289 g/mol. The van der Waals surface area contributed by atoms with Crippen molar-refractivity contribution in [2.24, 2.45) is 5.92 Å². The van der Waals surface area contributed by atoms with Crippen molar-refractivity contribution in [2.45, 2.75) is 51.5 Å². The number of hydrogen-bond donors (Lipinski definition) is 2. The summed E-state index contributed by atoms with van der Waals surface area (Å²) in [4.78, 5) is 23.9. The van der Waals surface area contributed by atoms with Crippen molar-refractivity contribution >= 4 is 11.9 Å². The lowest BCUT2D eigenvalue weighted by Gasteiger charge is -2.27. The summed E-state index contributed by atoms with van der Waals surface area (Å²) in [5.41, 5.74) is 2.26. The van der Waals surface area contributed by atoms with E-state index in [1.807, 2.05) is 32.0 Å². The van der Waals surface area contributed by atoms with E-state index in [-0.39, 0.29) is 17.7 Å². The highest BCUT2D eigenvalue weighted by Crippen LogP contribution is 2.31. The van der Waals surface area contributed by atoms with Crippen molar-refractivity contribution in [3.05, 3.63) is 35.4 Å². The quantitative estimate of drug-likeness (QED) is 0.876. The van der Waals surface area contributed by atoms with Gasteiger partial charge in [0.2, 0.25) is 5.91 Å². The van der Waals surface area contributed by atoms with Crippen molar-refractivity contribution in [2.75, 3.05) is 0 Å². The molecule has 0 aromatic heterocycles. The summed E-state index contributed by atoms with van der Waals surface area (Å²) >= 11 is 0. The van der Waals surface area contributed by atoms with Crippen LogP contribution in [0.15, 0.2) is 24.3 Å². The lowest BCUT2D eigenvalue weighted by Crippen LogP contribution is -2.47. The molecule has 0 saturated heterocycles. The minimum atomic E-state index is -0.957. The third-order valence-electron chi connectivity index (χ3n) is 4.46. The fourth-order valence-electron chi connectivity index (χ4n) is 2.96. The fourth-order valence-corrected chi connectivity index (χ4v) is 2.96. The number of benzene rings is 1. The number of hydrogen-bond acceptors (Lipinski definition) is 2. The van der Waals surface area contributed by atoms with Gasteiger partial charge in [0.15, 0.2) is 0 Å².